The van der Waals surface area contributed by atoms with E-state index in [9.17, 15) is 30.8 Å². The monoisotopic (exact) mass is 654 g/mol. The highest BCUT2D eigenvalue weighted by molar-refractivity contribution is 7.89. The fraction of sp³-hybridized carbons (Fsp3) is 0.294. The van der Waals surface area contributed by atoms with Gasteiger partial charge in [-0.05, 0) is 77.6 Å². The smallest absolute Gasteiger partial charge is 0.416 e. The van der Waals surface area contributed by atoms with Gasteiger partial charge in [0.15, 0.2) is 21.4 Å². The number of carbonyl (C=O) groups is 1. The molecule has 0 radical (unpaired) electrons. The molecule has 4 aromatic rings. The first-order valence-electron chi connectivity index (χ1n) is 14.7. The number of piperidine rings is 1. The van der Waals surface area contributed by atoms with E-state index in [-0.39, 0.29) is 24.6 Å². The molecule has 240 valence electrons. The predicted octanol–water partition coefficient (Wildman–Crippen LogP) is 7.38. The quantitative estimate of drug-likeness (QED) is 0.202. The highest BCUT2D eigenvalue weighted by Crippen LogP contribution is 2.41. The molecular formula is C34H30F4N2O5S. The van der Waals surface area contributed by atoms with Crippen LogP contribution in [-0.2, 0) is 33.9 Å². The first-order valence-corrected chi connectivity index (χ1v) is 16.6. The zero-order chi connectivity index (χ0) is 32.5. The van der Waals surface area contributed by atoms with Crippen LogP contribution in [0, 0.1) is 5.82 Å². The summed E-state index contributed by atoms with van der Waals surface area (Å²) in [5.41, 5.74) is 2.54. The van der Waals surface area contributed by atoms with E-state index in [1.165, 1.54) is 4.90 Å². The molecule has 7 nitrogen and oxygen atoms in total. The molecule has 0 saturated carbocycles. The van der Waals surface area contributed by atoms with Crippen molar-refractivity contribution < 1.29 is 40.2 Å². The summed E-state index contributed by atoms with van der Waals surface area (Å²) in [6, 6.07) is 20.3. The number of rotatable bonds is 6. The minimum absolute atomic E-state index is 0.0821. The molecule has 1 aromatic heterocycles. The summed E-state index contributed by atoms with van der Waals surface area (Å²) in [6.07, 6.45) is -1.61. The van der Waals surface area contributed by atoms with Gasteiger partial charge in [-0.25, -0.2) is 17.6 Å². The number of aryl methyl sites for hydroxylation is 1. The lowest BCUT2D eigenvalue weighted by atomic mass is 9.82. The Kier molecular flexibility index (Phi) is 8.49. The summed E-state index contributed by atoms with van der Waals surface area (Å²) in [5, 5.41) is 0. The molecular weight excluding hydrogens is 624 g/mol. The molecule has 12 heteroatoms. The van der Waals surface area contributed by atoms with E-state index in [2.05, 4.69) is 11.1 Å². The van der Waals surface area contributed by atoms with Gasteiger partial charge in [-0.1, -0.05) is 36.4 Å². The molecule has 0 unspecified atom stereocenters. The fourth-order valence-electron chi connectivity index (χ4n) is 5.87. The van der Waals surface area contributed by atoms with E-state index >= 15 is 0 Å². The van der Waals surface area contributed by atoms with Crippen molar-refractivity contribution in [3.8, 4) is 22.6 Å². The predicted molar refractivity (Wildman–Crippen MR) is 162 cm³/mol. The largest absolute Gasteiger partial charge is 0.487 e. The highest BCUT2D eigenvalue weighted by atomic mass is 32.2. The Labute approximate surface area is 263 Å². The number of nitrogens with zero attached hydrogens (tertiary/aromatic N) is 2. The second-order valence-corrected chi connectivity index (χ2v) is 13.7. The molecule has 3 heterocycles. The summed E-state index contributed by atoms with van der Waals surface area (Å²) in [7, 11) is -3.38. The summed E-state index contributed by atoms with van der Waals surface area (Å²) >= 11 is 0. The molecule has 0 N–H and O–H groups in total. The van der Waals surface area contributed by atoms with Gasteiger partial charge in [0.2, 0.25) is 0 Å². The van der Waals surface area contributed by atoms with Gasteiger partial charge in [0.25, 0.3) is 0 Å². The molecule has 1 fully saturated rings. The molecule has 46 heavy (non-hydrogen) atoms. The number of hydrogen-bond donors (Lipinski definition) is 0. The maximum atomic E-state index is 14.1. The summed E-state index contributed by atoms with van der Waals surface area (Å²) in [5.74, 6) is -1.28. The van der Waals surface area contributed by atoms with Crippen LogP contribution in [0.25, 0.3) is 11.1 Å². The van der Waals surface area contributed by atoms with Crippen LogP contribution in [0.15, 0.2) is 85.1 Å². The molecule has 6 rings (SSSR count). The van der Waals surface area contributed by atoms with Crippen LogP contribution in [0.1, 0.15) is 41.6 Å². The Morgan fingerprint density at radius 1 is 0.913 bits per heavy atom. The van der Waals surface area contributed by atoms with Crippen molar-refractivity contribution in [2.45, 2.75) is 49.0 Å². The number of carbonyl (C=O) groups excluding carboxylic acids is 1. The summed E-state index contributed by atoms with van der Waals surface area (Å²) in [4.78, 5) is 18.1. The van der Waals surface area contributed by atoms with Crippen LogP contribution in [0.3, 0.4) is 0 Å². The van der Waals surface area contributed by atoms with Crippen molar-refractivity contribution in [1.29, 1.82) is 0 Å². The third-order valence-electron chi connectivity index (χ3n) is 8.39. The molecule has 0 aliphatic carbocycles. The topological polar surface area (TPSA) is 85.8 Å². The van der Waals surface area contributed by atoms with Crippen molar-refractivity contribution >= 4 is 15.9 Å². The van der Waals surface area contributed by atoms with Crippen LogP contribution in [-0.4, -0.2) is 43.1 Å². The molecule has 2 aliphatic rings. The Morgan fingerprint density at radius 3 is 2.35 bits per heavy atom. The number of fused-ring (bicyclic) bond motifs is 1. The Balaban J connectivity index is 1.05. The zero-order valence-corrected chi connectivity index (χ0v) is 25.4. The second kappa shape index (κ2) is 12.4. The maximum Gasteiger partial charge on any atom is 0.416 e. The number of halogens is 4. The van der Waals surface area contributed by atoms with E-state index in [0.717, 1.165) is 28.9 Å². The van der Waals surface area contributed by atoms with Gasteiger partial charge in [-0.3, -0.25) is 4.98 Å². The Hall–Kier alpha value is -4.45. The van der Waals surface area contributed by atoms with Crippen LogP contribution in [0.4, 0.5) is 22.4 Å². The van der Waals surface area contributed by atoms with E-state index < -0.39 is 44.8 Å². The number of benzene rings is 3. The standard InChI is InChI=1S/C34H30F4N2O5S/c35-29-10-9-27(34(36,37)38)20-31(29)44-32(41)40-17-14-33(15-18-40)13-12-26-19-25(8-11-30(26)45-33)24-6-4-23(5-7-24)21-46(42,43)22-28-3-1-2-16-39-28/h1-11,16,19-20H,12-15,17-18,21-22H2. The number of pyridine rings is 1. The Morgan fingerprint density at radius 2 is 1.65 bits per heavy atom. The number of likely N-dealkylation sites (tertiary alicyclic amines) is 1. The van der Waals surface area contributed by atoms with Crippen molar-refractivity contribution in [2.75, 3.05) is 13.1 Å². The number of sulfone groups is 1. The van der Waals surface area contributed by atoms with E-state index in [1.54, 1.807) is 24.4 Å². The molecule has 1 saturated heterocycles. The first kappa shape index (κ1) is 31.5. The van der Waals surface area contributed by atoms with E-state index in [4.69, 9.17) is 9.47 Å². The van der Waals surface area contributed by atoms with E-state index in [0.29, 0.717) is 48.7 Å². The van der Waals surface area contributed by atoms with Crippen molar-refractivity contribution in [3.63, 3.8) is 0 Å². The lowest BCUT2D eigenvalue weighted by molar-refractivity contribution is -0.137. The van der Waals surface area contributed by atoms with Crippen LogP contribution in [0.2, 0.25) is 0 Å². The minimum Gasteiger partial charge on any atom is -0.487 e. The van der Waals surface area contributed by atoms with Gasteiger partial charge in [0, 0.05) is 32.1 Å². The normalized spacial score (nSPS) is 16.0. The van der Waals surface area contributed by atoms with Crippen molar-refractivity contribution in [2.24, 2.45) is 0 Å². The molecule has 1 amide bonds. The maximum absolute atomic E-state index is 14.1. The average molecular weight is 655 g/mol. The summed E-state index contributed by atoms with van der Waals surface area (Å²) < 4.78 is 89.9. The van der Waals surface area contributed by atoms with Gasteiger partial charge in [-0.2, -0.15) is 13.2 Å². The van der Waals surface area contributed by atoms with Crippen LogP contribution < -0.4 is 9.47 Å². The van der Waals surface area contributed by atoms with E-state index in [1.807, 2.05) is 36.4 Å². The molecule has 0 atom stereocenters. The van der Waals surface area contributed by atoms with Crippen LogP contribution in [0.5, 0.6) is 11.5 Å². The fourth-order valence-corrected chi connectivity index (χ4v) is 7.30. The number of hydrogen-bond acceptors (Lipinski definition) is 6. The van der Waals surface area contributed by atoms with Gasteiger partial charge in [-0.15, -0.1) is 0 Å². The number of alkyl halides is 3. The average Bonchev–Trinajstić information content (AvgIpc) is 3.02. The van der Waals surface area contributed by atoms with Crippen molar-refractivity contribution in [3.05, 3.63) is 113 Å². The highest BCUT2D eigenvalue weighted by Gasteiger charge is 2.41. The van der Waals surface area contributed by atoms with Gasteiger partial charge in [0.05, 0.1) is 22.8 Å². The SMILES string of the molecule is O=C(Oc1cc(C(F)(F)F)ccc1F)N1CCC2(CCc3cc(-c4ccc(CS(=O)(=O)Cc5ccccn5)cc4)ccc3O2)CC1. The van der Waals surface area contributed by atoms with Gasteiger partial charge < -0.3 is 14.4 Å². The molecule has 2 aliphatic heterocycles. The number of amides is 1. The second-order valence-electron chi connectivity index (χ2n) is 11.7. The lowest BCUT2D eigenvalue weighted by Gasteiger charge is -2.44. The molecule has 0 bridgehead atoms. The van der Waals surface area contributed by atoms with Crippen LogP contribution >= 0.6 is 0 Å². The first-order chi connectivity index (χ1) is 21.9. The third-order valence-corrected chi connectivity index (χ3v) is 9.90. The molecule has 3 aromatic carbocycles. The van der Waals surface area contributed by atoms with Gasteiger partial charge >= 0.3 is 12.3 Å². The minimum atomic E-state index is -4.70. The lowest BCUT2D eigenvalue weighted by Crippen LogP contribution is -2.51. The number of aromatic nitrogens is 1. The number of ether oxygens (including phenoxy) is 2. The third kappa shape index (κ3) is 7.17. The van der Waals surface area contributed by atoms with Crippen molar-refractivity contribution in [1.82, 2.24) is 9.88 Å². The molecule has 1 spiro atoms. The zero-order valence-electron chi connectivity index (χ0n) is 24.6. The van der Waals surface area contributed by atoms with Gasteiger partial charge in [0.1, 0.15) is 11.4 Å². The summed E-state index contributed by atoms with van der Waals surface area (Å²) in [6.45, 7) is 0.494. The Bertz CT molecular complexity index is 1840.